The Morgan fingerprint density at radius 3 is 2.29 bits per heavy atom. The van der Waals surface area contributed by atoms with Crippen molar-refractivity contribution in [3.8, 4) is 0 Å². The molecule has 3 rings (SSSR count). The molecule has 2 amide bonds. The quantitative estimate of drug-likeness (QED) is 0.716. The number of nitrogens with zero attached hydrogens (tertiary/aromatic N) is 2. The molecule has 0 aromatic heterocycles. The van der Waals surface area contributed by atoms with Crippen molar-refractivity contribution in [1.82, 2.24) is 9.80 Å². The van der Waals surface area contributed by atoms with Gasteiger partial charge in [-0.15, -0.1) is 0 Å². The van der Waals surface area contributed by atoms with E-state index < -0.39 is 35.1 Å². The van der Waals surface area contributed by atoms with Crippen LogP contribution in [0.25, 0.3) is 0 Å². The Labute approximate surface area is 181 Å². The zero-order valence-corrected chi connectivity index (χ0v) is 17.1. The molecule has 0 aliphatic carbocycles. The molecule has 1 aliphatic heterocycles. The molecule has 31 heavy (non-hydrogen) atoms. The summed E-state index contributed by atoms with van der Waals surface area (Å²) in [5.74, 6) is -2.19. The van der Waals surface area contributed by atoms with Gasteiger partial charge >= 0.3 is 6.18 Å². The van der Waals surface area contributed by atoms with E-state index in [1.165, 1.54) is 9.80 Å². The van der Waals surface area contributed by atoms with Gasteiger partial charge in [0.25, 0.3) is 5.91 Å². The maximum absolute atomic E-state index is 13.5. The van der Waals surface area contributed by atoms with Crippen molar-refractivity contribution >= 4 is 23.4 Å². The van der Waals surface area contributed by atoms with Gasteiger partial charge in [0.15, 0.2) is 0 Å². The van der Waals surface area contributed by atoms with Gasteiger partial charge in [-0.25, -0.2) is 4.39 Å². The van der Waals surface area contributed by atoms with Gasteiger partial charge in [0.2, 0.25) is 5.91 Å². The Kier molecular flexibility index (Phi) is 6.86. The second-order valence-corrected chi connectivity index (χ2v) is 7.68. The van der Waals surface area contributed by atoms with Crippen LogP contribution < -0.4 is 5.73 Å². The van der Waals surface area contributed by atoms with Crippen molar-refractivity contribution in [1.29, 1.82) is 0 Å². The molecule has 1 unspecified atom stereocenters. The van der Waals surface area contributed by atoms with Crippen molar-refractivity contribution in [3.63, 3.8) is 0 Å². The normalized spacial score (nSPS) is 15.7. The standard InChI is InChI=1S/C21H20ClF4N3O2/c22-14-3-1-2-13(10-14)11-18(27)20(31)29-8-6-28(7-9-29)19(30)16-12-15(23)4-5-17(16)21(24,25)26/h1-5,10,12,18H,6-9,11,27H2. The number of hydrogen-bond donors (Lipinski definition) is 1. The number of benzene rings is 2. The van der Waals surface area contributed by atoms with E-state index in [2.05, 4.69) is 0 Å². The molecule has 1 aliphatic rings. The monoisotopic (exact) mass is 457 g/mol. The lowest BCUT2D eigenvalue weighted by atomic mass is 10.0. The summed E-state index contributed by atoms with van der Waals surface area (Å²) in [4.78, 5) is 27.9. The predicted molar refractivity (Wildman–Crippen MR) is 107 cm³/mol. The Hall–Kier alpha value is -2.65. The van der Waals surface area contributed by atoms with E-state index >= 15 is 0 Å². The Morgan fingerprint density at radius 2 is 1.68 bits per heavy atom. The van der Waals surface area contributed by atoms with Gasteiger partial charge in [-0.1, -0.05) is 23.7 Å². The van der Waals surface area contributed by atoms with Crippen LogP contribution in [0.15, 0.2) is 42.5 Å². The summed E-state index contributed by atoms with van der Waals surface area (Å²) in [5.41, 5.74) is 4.88. The van der Waals surface area contributed by atoms with Gasteiger partial charge in [-0.2, -0.15) is 13.2 Å². The van der Waals surface area contributed by atoms with Gasteiger partial charge in [0.1, 0.15) is 5.82 Å². The highest BCUT2D eigenvalue weighted by atomic mass is 35.5. The van der Waals surface area contributed by atoms with Crippen LogP contribution in [0.4, 0.5) is 17.6 Å². The number of rotatable bonds is 4. The lowest BCUT2D eigenvalue weighted by molar-refractivity contribution is -0.138. The van der Waals surface area contributed by atoms with E-state index in [4.69, 9.17) is 17.3 Å². The number of carbonyl (C=O) groups is 2. The van der Waals surface area contributed by atoms with Crippen LogP contribution in [0.1, 0.15) is 21.5 Å². The minimum atomic E-state index is -4.79. The molecule has 166 valence electrons. The smallest absolute Gasteiger partial charge is 0.338 e. The van der Waals surface area contributed by atoms with E-state index in [1.54, 1.807) is 24.3 Å². The summed E-state index contributed by atoms with van der Waals surface area (Å²) in [6.07, 6.45) is -4.51. The van der Waals surface area contributed by atoms with Crippen LogP contribution in [-0.2, 0) is 17.4 Å². The summed E-state index contributed by atoms with van der Waals surface area (Å²) in [5, 5.41) is 0.528. The predicted octanol–water partition coefficient (Wildman–Crippen LogP) is 3.35. The number of piperazine rings is 1. The Bertz CT molecular complexity index is 975. The SMILES string of the molecule is NC(Cc1cccc(Cl)c1)C(=O)N1CCN(C(=O)c2cc(F)ccc2C(F)(F)F)CC1. The van der Waals surface area contributed by atoms with Crippen molar-refractivity contribution < 1.29 is 27.2 Å². The summed E-state index contributed by atoms with van der Waals surface area (Å²) in [6.45, 7) is 0.263. The topological polar surface area (TPSA) is 66.6 Å². The van der Waals surface area contributed by atoms with Gasteiger partial charge < -0.3 is 15.5 Å². The molecule has 0 bridgehead atoms. The number of alkyl halides is 3. The highest BCUT2D eigenvalue weighted by Gasteiger charge is 2.37. The molecule has 1 saturated heterocycles. The van der Waals surface area contributed by atoms with Crippen LogP contribution in [0.3, 0.4) is 0 Å². The highest BCUT2D eigenvalue weighted by Crippen LogP contribution is 2.33. The second-order valence-electron chi connectivity index (χ2n) is 7.25. The minimum Gasteiger partial charge on any atom is -0.338 e. The van der Waals surface area contributed by atoms with E-state index in [0.717, 1.165) is 5.56 Å². The first-order valence-corrected chi connectivity index (χ1v) is 9.89. The first-order chi connectivity index (χ1) is 14.6. The molecule has 10 heteroatoms. The molecule has 1 heterocycles. The molecule has 0 saturated carbocycles. The summed E-state index contributed by atoms with van der Waals surface area (Å²) < 4.78 is 53.1. The van der Waals surface area contributed by atoms with Gasteiger partial charge in [-0.05, 0) is 42.3 Å². The highest BCUT2D eigenvalue weighted by molar-refractivity contribution is 6.30. The Balaban J connectivity index is 1.63. The third kappa shape index (κ3) is 5.54. The van der Waals surface area contributed by atoms with E-state index in [1.807, 2.05) is 0 Å². The van der Waals surface area contributed by atoms with Crippen molar-refractivity contribution in [2.24, 2.45) is 5.73 Å². The summed E-state index contributed by atoms with van der Waals surface area (Å²) in [7, 11) is 0. The maximum Gasteiger partial charge on any atom is 0.417 e. The van der Waals surface area contributed by atoms with Crippen molar-refractivity contribution in [2.45, 2.75) is 18.6 Å². The fourth-order valence-electron chi connectivity index (χ4n) is 3.48. The van der Waals surface area contributed by atoms with Crippen LogP contribution in [0.2, 0.25) is 5.02 Å². The van der Waals surface area contributed by atoms with E-state index in [-0.39, 0.29) is 38.5 Å². The van der Waals surface area contributed by atoms with Crippen molar-refractivity contribution in [3.05, 3.63) is 70.0 Å². The fourth-order valence-corrected chi connectivity index (χ4v) is 3.69. The molecule has 1 fully saturated rings. The van der Waals surface area contributed by atoms with Gasteiger partial charge in [0.05, 0.1) is 17.2 Å². The fraction of sp³-hybridized carbons (Fsp3) is 0.333. The third-order valence-corrected chi connectivity index (χ3v) is 5.29. The lowest BCUT2D eigenvalue weighted by Crippen LogP contribution is -2.54. The molecule has 5 nitrogen and oxygen atoms in total. The molecular formula is C21H20ClF4N3O2. The Morgan fingerprint density at radius 1 is 1.03 bits per heavy atom. The average Bonchev–Trinajstić information content (AvgIpc) is 2.72. The van der Waals surface area contributed by atoms with E-state index in [0.29, 0.717) is 23.2 Å². The van der Waals surface area contributed by atoms with Crippen LogP contribution >= 0.6 is 11.6 Å². The number of halogens is 5. The summed E-state index contributed by atoms with van der Waals surface area (Å²) in [6, 6.07) is 7.95. The maximum atomic E-state index is 13.5. The molecule has 2 aromatic carbocycles. The largest absolute Gasteiger partial charge is 0.417 e. The first kappa shape index (κ1) is 23.0. The number of nitrogens with two attached hydrogens (primary N) is 1. The van der Waals surface area contributed by atoms with Crippen LogP contribution in [-0.4, -0.2) is 53.8 Å². The average molecular weight is 458 g/mol. The summed E-state index contributed by atoms with van der Waals surface area (Å²) >= 11 is 5.93. The molecule has 0 radical (unpaired) electrons. The van der Waals surface area contributed by atoms with Crippen LogP contribution in [0, 0.1) is 5.82 Å². The zero-order chi connectivity index (χ0) is 22.8. The number of carbonyl (C=O) groups excluding carboxylic acids is 2. The second kappa shape index (κ2) is 9.23. The van der Waals surface area contributed by atoms with Gasteiger partial charge in [-0.3, -0.25) is 9.59 Å². The van der Waals surface area contributed by atoms with Crippen LogP contribution in [0.5, 0.6) is 0 Å². The first-order valence-electron chi connectivity index (χ1n) is 9.51. The third-order valence-electron chi connectivity index (χ3n) is 5.06. The minimum absolute atomic E-state index is 0.0161. The van der Waals surface area contributed by atoms with Gasteiger partial charge in [0, 0.05) is 31.2 Å². The lowest BCUT2D eigenvalue weighted by Gasteiger charge is -2.36. The zero-order valence-electron chi connectivity index (χ0n) is 16.3. The number of hydrogen-bond acceptors (Lipinski definition) is 3. The van der Waals surface area contributed by atoms with E-state index in [9.17, 15) is 27.2 Å². The molecule has 2 aromatic rings. The number of amides is 2. The van der Waals surface area contributed by atoms with Crippen molar-refractivity contribution in [2.75, 3.05) is 26.2 Å². The molecule has 2 N–H and O–H groups in total. The molecule has 0 spiro atoms. The molecular weight excluding hydrogens is 438 g/mol. The molecule has 1 atom stereocenters.